The number of halogens is 2. The van der Waals surface area contributed by atoms with E-state index in [-0.39, 0.29) is 16.5 Å². The molecule has 1 heterocycles. The van der Waals surface area contributed by atoms with Gasteiger partial charge in [-0.1, -0.05) is 37.6 Å². The molecule has 0 atom stereocenters. The number of hydrogen-bond acceptors (Lipinski definition) is 3. The fourth-order valence-electron chi connectivity index (χ4n) is 2.63. The lowest BCUT2D eigenvalue weighted by molar-refractivity contribution is 0.600. The number of sulfonamides is 1. The number of rotatable bonds is 7. The second-order valence-electron chi connectivity index (χ2n) is 6.15. The zero-order chi connectivity index (χ0) is 19.4. The molecule has 0 fully saturated rings. The highest BCUT2D eigenvalue weighted by Crippen LogP contribution is 2.24. The molecule has 0 saturated heterocycles. The number of aromatic nitrogens is 2. The normalized spacial score (nSPS) is 11.5. The summed E-state index contributed by atoms with van der Waals surface area (Å²) in [5.74, 6) is -0.103. The molecule has 5 nitrogen and oxygen atoms in total. The first-order valence-electron chi connectivity index (χ1n) is 8.46. The summed E-state index contributed by atoms with van der Waals surface area (Å²) in [5.41, 5.74) is 1.95. The third kappa shape index (κ3) is 4.95. The third-order valence-electron chi connectivity index (χ3n) is 3.98. The number of anilines is 1. The maximum Gasteiger partial charge on any atom is 0.263 e. The Balaban J connectivity index is 1.76. The topological polar surface area (TPSA) is 64.0 Å². The summed E-state index contributed by atoms with van der Waals surface area (Å²) in [4.78, 5) is 0.183. The van der Waals surface area contributed by atoms with E-state index in [1.165, 1.54) is 12.1 Å². The summed E-state index contributed by atoms with van der Waals surface area (Å²) in [5, 5.41) is 4.27. The van der Waals surface area contributed by atoms with E-state index in [9.17, 15) is 12.8 Å². The summed E-state index contributed by atoms with van der Waals surface area (Å²) in [6.45, 7) is 2.47. The molecule has 3 aromatic rings. The summed E-state index contributed by atoms with van der Waals surface area (Å²) in [6, 6.07) is 12.9. The highest BCUT2D eigenvalue weighted by molar-refractivity contribution is 9.10. The van der Waals surface area contributed by atoms with E-state index in [0.717, 1.165) is 24.0 Å². The summed E-state index contributed by atoms with van der Waals surface area (Å²) in [7, 11) is -3.74. The fourth-order valence-corrected chi connectivity index (χ4v) is 4.20. The standard InChI is InChI=1S/C19H19BrFN3O2S/c1-2-3-14-6-10-17(11-7-14)27(25,26)23-19-18(20)13-24(22-19)12-15-4-8-16(21)9-5-15/h4-11,13H,2-3,12H2,1H3,(H,22,23). The number of aryl methyl sites for hydroxylation is 1. The van der Waals surface area contributed by atoms with Gasteiger partial charge in [0.2, 0.25) is 0 Å². The van der Waals surface area contributed by atoms with Crippen LogP contribution in [0.1, 0.15) is 24.5 Å². The van der Waals surface area contributed by atoms with Crippen LogP contribution in [0.3, 0.4) is 0 Å². The van der Waals surface area contributed by atoms with Gasteiger partial charge in [-0.25, -0.2) is 12.8 Å². The van der Waals surface area contributed by atoms with Crippen molar-refractivity contribution in [3.63, 3.8) is 0 Å². The molecular weight excluding hydrogens is 433 g/mol. The highest BCUT2D eigenvalue weighted by Gasteiger charge is 2.18. The molecule has 0 saturated carbocycles. The van der Waals surface area contributed by atoms with Crippen molar-refractivity contribution in [2.45, 2.75) is 31.2 Å². The monoisotopic (exact) mass is 451 g/mol. The van der Waals surface area contributed by atoms with Crippen LogP contribution in [0.25, 0.3) is 0 Å². The number of nitrogens with one attached hydrogen (secondary N) is 1. The van der Waals surface area contributed by atoms with Crippen molar-refractivity contribution in [2.24, 2.45) is 0 Å². The van der Waals surface area contributed by atoms with Crippen molar-refractivity contribution in [2.75, 3.05) is 4.72 Å². The first-order chi connectivity index (χ1) is 12.9. The van der Waals surface area contributed by atoms with Crippen LogP contribution in [0.5, 0.6) is 0 Å². The van der Waals surface area contributed by atoms with Crippen molar-refractivity contribution in [3.8, 4) is 0 Å². The lowest BCUT2D eigenvalue weighted by Gasteiger charge is -2.07. The average molecular weight is 452 g/mol. The van der Waals surface area contributed by atoms with Gasteiger partial charge in [0.25, 0.3) is 10.0 Å². The van der Waals surface area contributed by atoms with E-state index < -0.39 is 10.0 Å². The van der Waals surface area contributed by atoms with Gasteiger partial charge in [-0.15, -0.1) is 0 Å². The molecule has 0 spiro atoms. The molecule has 142 valence electrons. The Bertz CT molecular complexity index is 1020. The zero-order valence-electron chi connectivity index (χ0n) is 14.7. The summed E-state index contributed by atoms with van der Waals surface area (Å²) >= 11 is 3.33. The van der Waals surface area contributed by atoms with E-state index in [4.69, 9.17) is 0 Å². The Hall–Kier alpha value is -2.19. The van der Waals surface area contributed by atoms with Crippen LogP contribution in [-0.2, 0) is 23.0 Å². The van der Waals surface area contributed by atoms with Gasteiger partial charge in [0, 0.05) is 6.20 Å². The van der Waals surface area contributed by atoms with Gasteiger partial charge in [0.1, 0.15) is 5.82 Å². The van der Waals surface area contributed by atoms with Crippen LogP contribution in [-0.4, -0.2) is 18.2 Å². The van der Waals surface area contributed by atoms with Crippen LogP contribution in [0, 0.1) is 5.82 Å². The predicted molar refractivity (Wildman–Crippen MR) is 107 cm³/mol. The smallest absolute Gasteiger partial charge is 0.263 e. The molecule has 0 aliphatic rings. The zero-order valence-corrected chi connectivity index (χ0v) is 17.1. The van der Waals surface area contributed by atoms with Gasteiger partial charge in [-0.3, -0.25) is 9.40 Å². The molecule has 0 unspecified atom stereocenters. The molecule has 0 aliphatic carbocycles. The van der Waals surface area contributed by atoms with Crippen molar-refractivity contribution in [1.82, 2.24) is 9.78 Å². The molecule has 3 rings (SSSR count). The van der Waals surface area contributed by atoms with Gasteiger partial charge in [0.15, 0.2) is 5.82 Å². The Labute approximate surface area is 166 Å². The minimum Gasteiger partial charge on any atom is -0.265 e. The molecule has 0 radical (unpaired) electrons. The summed E-state index contributed by atoms with van der Waals surface area (Å²) < 4.78 is 42.8. The molecule has 0 bridgehead atoms. The molecule has 2 aromatic carbocycles. The quantitative estimate of drug-likeness (QED) is 0.571. The Morgan fingerprint density at radius 3 is 2.33 bits per heavy atom. The predicted octanol–water partition coefficient (Wildman–Crippen LogP) is 4.59. The Morgan fingerprint density at radius 2 is 1.70 bits per heavy atom. The lowest BCUT2D eigenvalue weighted by Crippen LogP contribution is -2.14. The van der Waals surface area contributed by atoms with E-state index in [1.54, 1.807) is 35.1 Å². The van der Waals surface area contributed by atoms with Gasteiger partial charge in [-0.2, -0.15) is 5.10 Å². The molecule has 27 heavy (non-hydrogen) atoms. The van der Waals surface area contributed by atoms with Crippen LogP contribution >= 0.6 is 15.9 Å². The Morgan fingerprint density at radius 1 is 1.07 bits per heavy atom. The molecular formula is C19H19BrFN3O2S. The molecule has 1 aromatic heterocycles. The van der Waals surface area contributed by atoms with Gasteiger partial charge in [0.05, 0.1) is 15.9 Å². The minimum absolute atomic E-state index is 0.183. The van der Waals surface area contributed by atoms with Gasteiger partial charge < -0.3 is 0 Å². The Kier molecular flexibility index (Phi) is 5.96. The second kappa shape index (κ2) is 8.22. The number of nitrogens with zero attached hydrogens (tertiary/aromatic N) is 2. The van der Waals surface area contributed by atoms with E-state index in [1.807, 2.05) is 12.1 Å². The van der Waals surface area contributed by atoms with Crippen LogP contribution < -0.4 is 4.72 Å². The summed E-state index contributed by atoms with van der Waals surface area (Å²) in [6.07, 6.45) is 3.58. The number of hydrogen-bond donors (Lipinski definition) is 1. The molecule has 0 aliphatic heterocycles. The van der Waals surface area contributed by atoms with E-state index in [2.05, 4.69) is 32.7 Å². The van der Waals surface area contributed by atoms with E-state index in [0.29, 0.717) is 11.0 Å². The van der Waals surface area contributed by atoms with Crippen molar-refractivity contribution in [1.29, 1.82) is 0 Å². The maximum atomic E-state index is 13.0. The first-order valence-corrected chi connectivity index (χ1v) is 10.7. The lowest BCUT2D eigenvalue weighted by atomic mass is 10.1. The van der Waals surface area contributed by atoms with Gasteiger partial charge in [-0.05, 0) is 57.7 Å². The van der Waals surface area contributed by atoms with Crippen molar-refractivity contribution < 1.29 is 12.8 Å². The SMILES string of the molecule is CCCc1ccc(S(=O)(=O)Nc2nn(Cc3ccc(F)cc3)cc2Br)cc1. The van der Waals surface area contributed by atoms with Crippen LogP contribution in [0.15, 0.2) is 64.1 Å². The largest absolute Gasteiger partial charge is 0.265 e. The molecule has 1 N–H and O–H groups in total. The second-order valence-corrected chi connectivity index (χ2v) is 8.69. The highest BCUT2D eigenvalue weighted by atomic mass is 79.9. The van der Waals surface area contributed by atoms with E-state index >= 15 is 0 Å². The fraction of sp³-hybridized carbons (Fsp3) is 0.211. The third-order valence-corrected chi connectivity index (χ3v) is 5.91. The average Bonchev–Trinajstić information content (AvgIpc) is 2.96. The minimum atomic E-state index is -3.74. The number of benzene rings is 2. The maximum absolute atomic E-state index is 13.0. The van der Waals surface area contributed by atoms with Gasteiger partial charge >= 0.3 is 0 Å². The molecule has 0 amide bonds. The van der Waals surface area contributed by atoms with Crippen molar-refractivity contribution in [3.05, 3.63) is 76.1 Å². The van der Waals surface area contributed by atoms with Crippen LogP contribution in [0.4, 0.5) is 10.2 Å². The molecule has 8 heteroatoms. The van der Waals surface area contributed by atoms with Crippen LogP contribution in [0.2, 0.25) is 0 Å². The van der Waals surface area contributed by atoms with Crippen molar-refractivity contribution >= 4 is 31.8 Å². The first kappa shape index (κ1) is 19.6.